The zero-order valence-corrected chi connectivity index (χ0v) is 18.5. The molecule has 30 heavy (non-hydrogen) atoms. The maximum absolute atomic E-state index is 13.3. The normalized spacial score (nSPS) is 11.2. The Morgan fingerprint density at radius 1 is 1.10 bits per heavy atom. The van der Waals surface area contributed by atoms with Crippen molar-refractivity contribution in [3.05, 3.63) is 59.0 Å². The first-order valence-corrected chi connectivity index (χ1v) is 10.0. The molecule has 2 aromatic carbocycles. The van der Waals surface area contributed by atoms with Crippen molar-refractivity contribution in [3.63, 3.8) is 0 Å². The van der Waals surface area contributed by atoms with E-state index in [9.17, 15) is 4.39 Å². The zero-order valence-electron chi connectivity index (χ0n) is 17.8. The van der Waals surface area contributed by atoms with Gasteiger partial charge in [0, 0.05) is 24.3 Å². The molecule has 0 aliphatic heterocycles. The highest BCUT2D eigenvalue weighted by atomic mass is 35.5. The summed E-state index contributed by atoms with van der Waals surface area (Å²) in [4.78, 5) is 9.20. The van der Waals surface area contributed by atoms with E-state index in [0.717, 1.165) is 5.69 Å². The van der Waals surface area contributed by atoms with Crippen molar-refractivity contribution in [1.29, 1.82) is 0 Å². The number of halogens is 2. The van der Waals surface area contributed by atoms with Gasteiger partial charge in [0.15, 0.2) is 11.6 Å². The minimum absolute atomic E-state index is 0.325. The summed E-state index contributed by atoms with van der Waals surface area (Å²) in [5.74, 6) is 1.22. The third kappa shape index (κ3) is 5.37. The van der Waals surface area contributed by atoms with Gasteiger partial charge >= 0.3 is 0 Å². The molecule has 0 aliphatic rings. The van der Waals surface area contributed by atoms with Crippen molar-refractivity contribution in [2.45, 2.75) is 26.8 Å². The van der Waals surface area contributed by atoms with Crippen molar-refractivity contribution in [2.75, 3.05) is 24.8 Å². The van der Waals surface area contributed by atoms with Crippen LogP contribution in [0.4, 0.5) is 21.6 Å². The highest BCUT2D eigenvalue weighted by Crippen LogP contribution is 2.34. The molecule has 0 amide bonds. The number of nitrogens with one attached hydrogen (secondary N) is 2. The summed E-state index contributed by atoms with van der Waals surface area (Å²) in [5.41, 5.74) is 8.85. The monoisotopic (exact) mass is 431 g/mol. The van der Waals surface area contributed by atoms with Gasteiger partial charge in [0.2, 0.25) is 0 Å². The van der Waals surface area contributed by atoms with E-state index < -0.39 is 0 Å². The molecule has 0 saturated heterocycles. The first-order chi connectivity index (χ1) is 14.4. The van der Waals surface area contributed by atoms with Crippen LogP contribution in [0.25, 0.3) is 11.4 Å². The van der Waals surface area contributed by atoms with Crippen LogP contribution in [0.5, 0.6) is 5.75 Å². The molecule has 1 aromatic heterocycles. The summed E-state index contributed by atoms with van der Waals surface area (Å²) in [7, 11) is 3.33. The van der Waals surface area contributed by atoms with E-state index in [1.807, 2.05) is 26.8 Å². The summed E-state index contributed by atoms with van der Waals surface area (Å²) in [6.07, 6.45) is 0. The minimum Gasteiger partial charge on any atom is -0.495 e. The van der Waals surface area contributed by atoms with Crippen LogP contribution >= 0.6 is 11.6 Å². The molecule has 0 bridgehead atoms. The Bertz CT molecular complexity index is 980. The van der Waals surface area contributed by atoms with Gasteiger partial charge in [0.05, 0.1) is 17.8 Å². The van der Waals surface area contributed by atoms with Crippen molar-refractivity contribution in [1.82, 2.24) is 9.97 Å². The molecule has 0 spiro atoms. The number of nitrogens with two attached hydrogens (primary N) is 1. The summed E-state index contributed by atoms with van der Waals surface area (Å²) in [6, 6.07) is 11.0. The second-order valence-corrected chi connectivity index (χ2v) is 6.58. The van der Waals surface area contributed by atoms with Crippen molar-refractivity contribution < 1.29 is 9.13 Å². The van der Waals surface area contributed by atoms with Crippen LogP contribution in [0.3, 0.4) is 0 Å². The Morgan fingerprint density at radius 3 is 2.30 bits per heavy atom. The van der Waals surface area contributed by atoms with Crippen LogP contribution in [-0.4, -0.2) is 24.1 Å². The fraction of sp³-hybridized carbons (Fsp3) is 0.273. The Morgan fingerprint density at radius 2 is 1.77 bits per heavy atom. The number of ether oxygens (including phenoxy) is 1. The SMILES string of the molecule is CC.CNc1c(Nc2ccc(OC)c(Cl)c2)nc(-c2ccc(F)cc2)nc1C(C)N. The third-order valence-corrected chi connectivity index (χ3v) is 4.43. The smallest absolute Gasteiger partial charge is 0.162 e. The lowest BCUT2D eigenvalue weighted by Crippen LogP contribution is -2.14. The van der Waals surface area contributed by atoms with Gasteiger partial charge in [-0.2, -0.15) is 0 Å². The highest BCUT2D eigenvalue weighted by Gasteiger charge is 2.18. The average Bonchev–Trinajstić information content (AvgIpc) is 2.75. The molecule has 4 N–H and O–H groups in total. The molecule has 1 atom stereocenters. The van der Waals surface area contributed by atoms with E-state index >= 15 is 0 Å². The van der Waals surface area contributed by atoms with Gasteiger partial charge in [-0.05, 0) is 49.4 Å². The predicted octanol–water partition coefficient (Wildman–Crippen LogP) is 5.78. The Balaban J connectivity index is 0.00000155. The Labute approximate surface area is 181 Å². The zero-order chi connectivity index (χ0) is 22.3. The molecule has 8 heteroatoms. The van der Waals surface area contributed by atoms with Gasteiger partial charge in [-0.15, -0.1) is 0 Å². The maximum Gasteiger partial charge on any atom is 0.162 e. The van der Waals surface area contributed by atoms with E-state index in [1.165, 1.54) is 12.1 Å². The van der Waals surface area contributed by atoms with Gasteiger partial charge < -0.3 is 21.1 Å². The van der Waals surface area contributed by atoms with E-state index in [4.69, 9.17) is 22.1 Å². The first kappa shape index (κ1) is 23.4. The summed E-state index contributed by atoms with van der Waals surface area (Å²) < 4.78 is 18.5. The van der Waals surface area contributed by atoms with Gasteiger partial charge in [-0.3, -0.25) is 0 Å². The number of nitrogens with zero attached hydrogens (tertiary/aromatic N) is 2. The lowest BCUT2D eigenvalue weighted by molar-refractivity contribution is 0.415. The van der Waals surface area contributed by atoms with Gasteiger partial charge in [0.1, 0.15) is 17.3 Å². The molecule has 3 rings (SSSR count). The van der Waals surface area contributed by atoms with E-state index in [2.05, 4.69) is 20.6 Å². The van der Waals surface area contributed by atoms with Crippen molar-refractivity contribution in [3.8, 4) is 17.1 Å². The number of aromatic nitrogens is 2. The summed E-state index contributed by atoms with van der Waals surface area (Å²) in [5, 5.41) is 6.83. The van der Waals surface area contributed by atoms with Crippen molar-refractivity contribution in [2.24, 2.45) is 5.73 Å². The van der Waals surface area contributed by atoms with Crippen LogP contribution in [-0.2, 0) is 0 Å². The van der Waals surface area contributed by atoms with Crippen LogP contribution in [0.2, 0.25) is 5.02 Å². The van der Waals surface area contributed by atoms with Crippen molar-refractivity contribution >= 4 is 28.8 Å². The fourth-order valence-corrected chi connectivity index (χ4v) is 3.01. The largest absolute Gasteiger partial charge is 0.495 e. The van der Waals surface area contributed by atoms with E-state index in [0.29, 0.717) is 39.4 Å². The molecule has 1 heterocycles. The lowest BCUT2D eigenvalue weighted by atomic mass is 10.1. The molecular weight excluding hydrogens is 405 g/mol. The van der Waals surface area contributed by atoms with Crippen LogP contribution in [0.1, 0.15) is 32.5 Å². The molecule has 0 saturated carbocycles. The number of anilines is 3. The second kappa shape index (κ2) is 10.8. The van der Waals surface area contributed by atoms with Crippen LogP contribution < -0.4 is 21.1 Å². The lowest BCUT2D eigenvalue weighted by Gasteiger charge is -2.18. The van der Waals surface area contributed by atoms with E-state index in [1.54, 1.807) is 38.4 Å². The maximum atomic E-state index is 13.3. The second-order valence-electron chi connectivity index (χ2n) is 6.18. The summed E-state index contributed by atoms with van der Waals surface area (Å²) in [6.45, 7) is 5.84. The van der Waals surface area contributed by atoms with Crippen LogP contribution in [0, 0.1) is 5.82 Å². The Kier molecular flexibility index (Phi) is 8.38. The third-order valence-electron chi connectivity index (χ3n) is 4.14. The molecule has 160 valence electrons. The topological polar surface area (TPSA) is 85.1 Å². The molecule has 0 radical (unpaired) electrons. The highest BCUT2D eigenvalue weighted by molar-refractivity contribution is 6.32. The molecule has 0 aliphatic carbocycles. The number of hydrogen-bond acceptors (Lipinski definition) is 6. The van der Waals surface area contributed by atoms with Gasteiger partial charge in [-0.25, -0.2) is 14.4 Å². The molecule has 6 nitrogen and oxygen atoms in total. The van der Waals surface area contributed by atoms with Crippen LogP contribution in [0.15, 0.2) is 42.5 Å². The minimum atomic E-state index is -0.343. The number of hydrogen-bond donors (Lipinski definition) is 3. The molecular formula is C22H27ClFN5O. The van der Waals surface area contributed by atoms with Gasteiger partial charge in [-0.1, -0.05) is 25.4 Å². The standard InChI is InChI=1S/C20H21ClFN5O.C2H6/c1-11(23)17-18(24-2)20(25-14-8-9-16(28-3)15(21)10-14)27-19(26-17)12-4-6-13(22)7-5-12;1-2/h4-11,24H,23H2,1-3H3,(H,25,26,27);1-2H3. The fourth-order valence-electron chi connectivity index (χ4n) is 2.75. The first-order valence-electron chi connectivity index (χ1n) is 9.64. The molecule has 1 unspecified atom stereocenters. The molecule has 0 fully saturated rings. The van der Waals surface area contributed by atoms with Gasteiger partial charge in [0.25, 0.3) is 0 Å². The molecule has 3 aromatic rings. The number of benzene rings is 2. The average molecular weight is 432 g/mol. The quantitative estimate of drug-likeness (QED) is 0.459. The number of methoxy groups -OCH3 is 1. The summed E-state index contributed by atoms with van der Waals surface area (Å²) >= 11 is 6.22. The Hall–Kier alpha value is -2.90. The number of rotatable bonds is 6. The van der Waals surface area contributed by atoms with E-state index in [-0.39, 0.29) is 11.9 Å². The predicted molar refractivity (Wildman–Crippen MR) is 122 cm³/mol.